The third-order valence-electron chi connectivity index (χ3n) is 1.58. The molecule has 0 aromatic carbocycles. The molecule has 0 amide bonds. The highest BCUT2D eigenvalue weighted by Crippen LogP contribution is 2.03. The number of methoxy groups -OCH3 is 1. The molecular weight excluding hydrogens is 170 g/mol. The Balaban J connectivity index is 0. The van der Waals surface area contributed by atoms with E-state index >= 15 is 0 Å². The normalized spacial score (nSPS) is 24.3. The fraction of sp³-hybridized carbons (Fsp3) is 1.00. The molecule has 0 aromatic rings. The van der Waals surface area contributed by atoms with E-state index in [1.807, 2.05) is 0 Å². The van der Waals surface area contributed by atoms with Crippen LogP contribution >= 0.6 is 25.9 Å². The van der Waals surface area contributed by atoms with Crippen LogP contribution in [-0.2, 0) is 4.74 Å². The van der Waals surface area contributed by atoms with E-state index in [4.69, 9.17) is 4.74 Å². The average Bonchev–Trinajstić information content (AvgIpc) is 1.90. The first-order valence-corrected chi connectivity index (χ1v) is 3.17. The zero-order valence-electron chi connectivity index (χ0n) is 6.22. The van der Waals surface area contributed by atoms with Gasteiger partial charge in [0.2, 0.25) is 0 Å². The van der Waals surface area contributed by atoms with Crippen LogP contribution in [0.1, 0.15) is 12.8 Å². The predicted molar refractivity (Wildman–Crippen MR) is 50.5 cm³/mol. The monoisotopic (exact) mass is 185 g/mol. The summed E-state index contributed by atoms with van der Waals surface area (Å²) in [5.74, 6) is 0. The lowest BCUT2D eigenvalue weighted by Gasteiger charge is -2.20. The highest BCUT2D eigenvalue weighted by atomic mass is 35.5. The Bertz CT molecular complexity index is 68.8. The molecule has 0 bridgehead atoms. The van der Waals surface area contributed by atoms with Gasteiger partial charge in [0.15, 0.2) is 0 Å². The molecule has 2 nitrogen and oxygen atoms in total. The van der Waals surface area contributed by atoms with E-state index in [0.717, 1.165) is 6.54 Å². The van der Waals surface area contributed by atoms with Crippen LogP contribution in [0.2, 0.25) is 0 Å². The SMILES string of the molecule is CO[C@H]1CCCNC1.Cl.S. The van der Waals surface area contributed by atoms with Crippen molar-refractivity contribution < 1.29 is 4.74 Å². The fourth-order valence-electron chi connectivity index (χ4n) is 1.02. The van der Waals surface area contributed by atoms with E-state index < -0.39 is 0 Å². The first kappa shape index (κ1) is 13.2. The molecular formula is C6H16ClNOS. The largest absolute Gasteiger partial charge is 0.380 e. The van der Waals surface area contributed by atoms with E-state index in [1.165, 1.54) is 19.4 Å². The molecule has 1 atom stereocenters. The molecule has 0 radical (unpaired) electrons. The second kappa shape index (κ2) is 7.66. The van der Waals surface area contributed by atoms with Crippen LogP contribution in [0.15, 0.2) is 0 Å². The van der Waals surface area contributed by atoms with Gasteiger partial charge in [-0.3, -0.25) is 0 Å². The minimum Gasteiger partial charge on any atom is -0.380 e. The van der Waals surface area contributed by atoms with E-state index in [2.05, 4.69) is 5.32 Å². The summed E-state index contributed by atoms with van der Waals surface area (Å²) in [5.41, 5.74) is 0. The van der Waals surface area contributed by atoms with Crippen LogP contribution in [0.4, 0.5) is 0 Å². The Morgan fingerprint density at radius 2 is 2.20 bits per heavy atom. The molecule has 0 aliphatic carbocycles. The van der Waals surface area contributed by atoms with Crippen molar-refractivity contribution in [3.63, 3.8) is 0 Å². The van der Waals surface area contributed by atoms with Crippen molar-refractivity contribution >= 4 is 25.9 Å². The molecule has 0 saturated carbocycles. The van der Waals surface area contributed by atoms with Crippen molar-refractivity contribution in [3.05, 3.63) is 0 Å². The quantitative estimate of drug-likeness (QED) is 0.656. The molecule has 4 heteroatoms. The first-order chi connectivity index (χ1) is 3.93. The second-order valence-corrected chi connectivity index (χ2v) is 2.20. The fourth-order valence-corrected chi connectivity index (χ4v) is 1.02. The third-order valence-corrected chi connectivity index (χ3v) is 1.58. The molecule has 1 saturated heterocycles. The zero-order valence-corrected chi connectivity index (χ0v) is 8.04. The van der Waals surface area contributed by atoms with Crippen molar-refractivity contribution in [2.75, 3.05) is 20.2 Å². The van der Waals surface area contributed by atoms with Crippen LogP contribution in [0.5, 0.6) is 0 Å². The van der Waals surface area contributed by atoms with Crippen molar-refractivity contribution in [2.45, 2.75) is 18.9 Å². The molecule has 0 spiro atoms. The smallest absolute Gasteiger partial charge is 0.0696 e. The molecule has 1 heterocycles. The van der Waals surface area contributed by atoms with Crippen LogP contribution in [0.3, 0.4) is 0 Å². The van der Waals surface area contributed by atoms with Gasteiger partial charge < -0.3 is 10.1 Å². The number of hydrogen-bond donors (Lipinski definition) is 1. The molecule has 1 N–H and O–H groups in total. The standard InChI is InChI=1S/C6H13NO.ClH.H2S/c1-8-6-3-2-4-7-5-6;;/h6-7H,2-5H2,1H3;1H;1H2/t6-;;/m0../s1. The minimum atomic E-state index is 0. The summed E-state index contributed by atoms with van der Waals surface area (Å²) in [5, 5.41) is 3.26. The summed E-state index contributed by atoms with van der Waals surface area (Å²) in [7, 11) is 1.78. The van der Waals surface area contributed by atoms with Crippen LogP contribution < -0.4 is 5.32 Å². The maximum absolute atomic E-state index is 5.13. The Morgan fingerprint density at radius 3 is 2.50 bits per heavy atom. The van der Waals surface area contributed by atoms with E-state index in [1.54, 1.807) is 7.11 Å². The van der Waals surface area contributed by atoms with Gasteiger partial charge in [-0.2, -0.15) is 13.5 Å². The summed E-state index contributed by atoms with van der Waals surface area (Å²) in [6, 6.07) is 0. The topological polar surface area (TPSA) is 21.3 Å². The van der Waals surface area contributed by atoms with Crippen LogP contribution in [0.25, 0.3) is 0 Å². The molecule has 1 rings (SSSR count). The molecule has 10 heavy (non-hydrogen) atoms. The Morgan fingerprint density at radius 1 is 1.50 bits per heavy atom. The molecule has 1 aliphatic heterocycles. The van der Waals surface area contributed by atoms with Gasteiger partial charge in [-0.05, 0) is 19.4 Å². The van der Waals surface area contributed by atoms with Gasteiger partial charge in [-0.15, -0.1) is 12.4 Å². The zero-order chi connectivity index (χ0) is 5.82. The highest BCUT2D eigenvalue weighted by molar-refractivity contribution is 7.59. The lowest BCUT2D eigenvalue weighted by molar-refractivity contribution is 0.0810. The Kier molecular flexibility index (Phi) is 10.1. The van der Waals surface area contributed by atoms with Gasteiger partial charge in [-0.1, -0.05) is 0 Å². The lowest BCUT2D eigenvalue weighted by Crippen LogP contribution is -2.34. The van der Waals surface area contributed by atoms with Gasteiger partial charge in [0.05, 0.1) is 6.10 Å². The van der Waals surface area contributed by atoms with Gasteiger partial charge >= 0.3 is 0 Å². The summed E-state index contributed by atoms with van der Waals surface area (Å²) >= 11 is 0. The maximum atomic E-state index is 5.13. The predicted octanol–water partition coefficient (Wildman–Crippen LogP) is 0.919. The number of ether oxygens (including phenoxy) is 1. The number of rotatable bonds is 1. The lowest BCUT2D eigenvalue weighted by atomic mass is 10.1. The van der Waals surface area contributed by atoms with Crippen LogP contribution in [-0.4, -0.2) is 26.3 Å². The van der Waals surface area contributed by atoms with E-state index in [9.17, 15) is 0 Å². The number of piperidine rings is 1. The van der Waals surface area contributed by atoms with Crippen molar-refractivity contribution in [2.24, 2.45) is 0 Å². The van der Waals surface area contributed by atoms with E-state index in [-0.39, 0.29) is 25.9 Å². The summed E-state index contributed by atoms with van der Waals surface area (Å²) < 4.78 is 5.13. The van der Waals surface area contributed by atoms with Gasteiger partial charge in [-0.25, -0.2) is 0 Å². The first-order valence-electron chi connectivity index (χ1n) is 3.17. The molecule has 1 aliphatic rings. The van der Waals surface area contributed by atoms with Crippen molar-refractivity contribution in [1.82, 2.24) is 5.32 Å². The molecule has 64 valence electrons. The number of nitrogens with one attached hydrogen (secondary N) is 1. The number of halogens is 1. The minimum absolute atomic E-state index is 0. The maximum Gasteiger partial charge on any atom is 0.0696 e. The molecule has 0 aromatic heterocycles. The summed E-state index contributed by atoms with van der Waals surface area (Å²) in [6.45, 7) is 2.20. The molecule has 1 fully saturated rings. The molecule has 0 unspecified atom stereocenters. The Hall–Kier alpha value is 0.560. The van der Waals surface area contributed by atoms with Gasteiger partial charge in [0.25, 0.3) is 0 Å². The Labute approximate surface area is 75.6 Å². The number of hydrogen-bond acceptors (Lipinski definition) is 2. The third kappa shape index (κ3) is 4.39. The van der Waals surface area contributed by atoms with E-state index in [0.29, 0.717) is 6.10 Å². The van der Waals surface area contributed by atoms with Crippen LogP contribution in [0, 0.1) is 0 Å². The van der Waals surface area contributed by atoms with Crippen molar-refractivity contribution in [3.8, 4) is 0 Å². The van der Waals surface area contributed by atoms with Gasteiger partial charge in [0, 0.05) is 13.7 Å². The van der Waals surface area contributed by atoms with Crippen molar-refractivity contribution in [1.29, 1.82) is 0 Å². The summed E-state index contributed by atoms with van der Waals surface area (Å²) in [4.78, 5) is 0. The van der Waals surface area contributed by atoms with Gasteiger partial charge in [0.1, 0.15) is 0 Å². The average molecular weight is 186 g/mol. The highest BCUT2D eigenvalue weighted by Gasteiger charge is 2.09. The summed E-state index contributed by atoms with van der Waals surface area (Å²) in [6.07, 6.45) is 2.96. The second-order valence-electron chi connectivity index (χ2n) is 2.20.